The van der Waals surface area contributed by atoms with Gasteiger partial charge in [-0.3, -0.25) is 0 Å². The van der Waals surface area contributed by atoms with Gasteiger partial charge in [0.15, 0.2) is 0 Å². The van der Waals surface area contributed by atoms with Crippen LogP contribution in [0.15, 0.2) is 48.7 Å². The first kappa shape index (κ1) is 22.8. The van der Waals surface area contributed by atoms with Crippen molar-refractivity contribution < 1.29 is 9.53 Å². The fourth-order valence-electron chi connectivity index (χ4n) is 4.82. The van der Waals surface area contributed by atoms with Crippen LogP contribution < -0.4 is 15.0 Å². The van der Waals surface area contributed by atoms with Gasteiger partial charge in [-0.2, -0.15) is 5.26 Å². The first-order valence-electron chi connectivity index (χ1n) is 11.9. The van der Waals surface area contributed by atoms with Crippen LogP contribution in [0.3, 0.4) is 0 Å². The number of likely N-dealkylation sites (N-methyl/N-ethyl adjacent to an activating group) is 1. The van der Waals surface area contributed by atoms with Gasteiger partial charge in [0.05, 0.1) is 24.4 Å². The molecular formula is C27H30N6O2. The van der Waals surface area contributed by atoms with E-state index in [0.29, 0.717) is 18.7 Å². The summed E-state index contributed by atoms with van der Waals surface area (Å²) in [6, 6.07) is 13.6. The Labute approximate surface area is 205 Å². The fourth-order valence-corrected chi connectivity index (χ4v) is 4.82. The molecule has 8 heteroatoms. The van der Waals surface area contributed by atoms with Gasteiger partial charge in [-0.1, -0.05) is 6.08 Å². The maximum Gasteiger partial charge on any atom is 0.322 e. The van der Waals surface area contributed by atoms with Crippen molar-refractivity contribution in [3.05, 3.63) is 59.8 Å². The van der Waals surface area contributed by atoms with Gasteiger partial charge in [-0.25, -0.2) is 4.79 Å². The average Bonchev–Trinajstić information content (AvgIpc) is 3.32. The summed E-state index contributed by atoms with van der Waals surface area (Å²) in [4.78, 5) is 22.8. The number of aromatic nitrogens is 1. The van der Waals surface area contributed by atoms with E-state index in [2.05, 4.69) is 39.3 Å². The predicted octanol–water partition coefficient (Wildman–Crippen LogP) is 4.12. The third-order valence-corrected chi connectivity index (χ3v) is 6.93. The predicted molar refractivity (Wildman–Crippen MR) is 139 cm³/mol. The number of ether oxygens (including phenoxy) is 1. The quantitative estimate of drug-likeness (QED) is 0.599. The number of carbonyl (C=O) groups excluding carboxylic acids is 1. The molecule has 35 heavy (non-hydrogen) atoms. The summed E-state index contributed by atoms with van der Waals surface area (Å²) in [6.07, 6.45) is 4.85. The van der Waals surface area contributed by atoms with Crippen LogP contribution >= 0.6 is 0 Å². The molecule has 0 aliphatic carbocycles. The lowest BCUT2D eigenvalue weighted by Crippen LogP contribution is -2.44. The van der Waals surface area contributed by atoms with E-state index in [1.807, 2.05) is 47.5 Å². The molecule has 1 aromatic heterocycles. The number of anilines is 2. The highest BCUT2D eigenvalue weighted by molar-refractivity contribution is 5.95. The molecule has 5 rings (SSSR count). The molecule has 0 spiro atoms. The summed E-state index contributed by atoms with van der Waals surface area (Å²) >= 11 is 0. The molecule has 1 saturated heterocycles. The molecule has 2 aliphatic rings. The first-order chi connectivity index (χ1) is 17.1. The Morgan fingerprint density at radius 2 is 1.94 bits per heavy atom. The summed E-state index contributed by atoms with van der Waals surface area (Å²) in [5, 5.41) is 13.4. The van der Waals surface area contributed by atoms with E-state index in [0.717, 1.165) is 66.2 Å². The number of hydrogen-bond acceptors (Lipinski definition) is 5. The lowest BCUT2D eigenvalue weighted by molar-refractivity contribution is 0.217. The van der Waals surface area contributed by atoms with E-state index < -0.39 is 0 Å². The van der Waals surface area contributed by atoms with E-state index in [1.54, 1.807) is 7.11 Å². The number of nitriles is 1. The van der Waals surface area contributed by atoms with E-state index in [-0.39, 0.29) is 6.03 Å². The number of nitrogens with zero attached hydrogens (tertiary/aromatic N) is 4. The molecule has 0 saturated carbocycles. The maximum absolute atomic E-state index is 13.0. The molecule has 2 amide bonds. The lowest BCUT2D eigenvalue weighted by atomic mass is 9.98. The Morgan fingerprint density at radius 3 is 2.66 bits per heavy atom. The van der Waals surface area contributed by atoms with Gasteiger partial charge in [0.2, 0.25) is 0 Å². The summed E-state index contributed by atoms with van der Waals surface area (Å²) in [7, 11) is 3.81. The minimum absolute atomic E-state index is 0.111. The monoisotopic (exact) mass is 470 g/mol. The summed E-state index contributed by atoms with van der Waals surface area (Å²) in [5.41, 5.74) is 5.72. The number of rotatable bonds is 4. The van der Waals surface area contributed by atoms with Crippen molar-refractivity contribution in [3.8, 4) is 11.8 Å². The number of carbonyl (C=O) groups is 1. The fraction of sp³-hybridized carbons (Fsp3) is 0.333. The molecule has 2 N–H and O–H groups in total. The Kier molecular flexibility index (Phi) is 6.34. The van der Waals surface area contributed by atoms with E-state index in [1.165, 1.54) is 5.57 Å². The standard InChI is InChI=1S/C27H30N6O2/c1-31-11-13-32(14-12-31)25-16-21(4-6-26(25)35-2)30-27(34)33-9-7-20(8-10-33)23-18-29-24-5-3-19(17-28)15-22(23)24/h3-7,15-16,18,29H,8-14H2,1-2H3,(H,30,34). The minimum Gasteiger partial charge on any atom is -0.495 e. The highest BCUT2D eigenvalue weighted by atomic mass is 16.5. The number of nitrogens with one attached hydrogen (secondary N) is 2. The Hall–Kier alpha value is -3.96. The van der Waals surface area contributed by atoms with Crippen molar-refractivity contribution >= 4 is 33.9 Å². The van der Waals surface area contributed by atoms with Crippen LogP contribution in [0.25, 0.3) is 16.5 Å². The summed E-state index contributed by atoms with van der Waals surface area (Å²) < 4.78 is 5.59. The van der Waals surface area contributed by atoms with Crippen molar-refractivity contribution in [2.75, 3.05) is 63.6 Å². The first-order valence-corrected chi connectivity index (χ1v) is 11.9. The van der Waals surface area contributed by atoms with Crippen molar-refractivity contribution in [2.45, 2.75) is 6.42 Å². The number of piperazine rings is 1. The second-order valence-corrected chi connectivity index (χ2v) is 9.11. The molecular weight excluding hydrogens is 440 g/mol. The molecule has 0 bridgehead atoms. The van der Waals surface area contributed by atoms with E-state index in [4.69, 9.17) is 4.74 Å². The molecule has 8 nitrogen and oxygen atoms in total. The van der Waals surface area contributed by atoms with Crippen molar-refractivity contribution in [1.82, 2.24) is 14.8 Å². The number of benzene rings is 2. The average molecular weight is 471 g/mol. The maximum atomic E-state index is 13.0. The van der Waals surface area contributed by atoms with Crippen molar-refractivity contribution in [1.29, 1.82) is 5.26 Å². The molecule has 2 aliphatic heterocycles. The molecule has 0 radical (unpaired) electrons. The van der Waals surface area contributed by atoms with Gasteiger partial charge in [-0.05, 0) is 55.4 Å². The molecule has 2 aromatic carbocycles. The Balaban J connectivity index is 1.28. The number of aromatic amines is 1. The highest BCUT2D eigenvalue weighted by Crippen LogP contribution is 2.33. The van der Waals surface area contributed by atoms with Crippen LogP contribution in [0.4, 0.5) is 16.2 Å². The molecule has 0 unspecified atom stereocenters. The van der Waals surface area contributed by atoms with Crippen LogP contribution in [0.1, 0.15) is 17.5 Å². The minimum atomic E-state index is -0.111. The zero-order valence-electron chi connectivity index (χ0n) is 20.2. The number of urea groups is 1. The van der Waals surface area contributed by atoms with Crippen LogP contribution in [0.2, 0.25) is 0 Å². The van der Waals surface area contributed by atoms with Gasteiger partial charge in [0, 0.05) is 67.6 Å². The molecule has 3 aromatic rings. The third-order valence-electron chi connectivity index (χ3n) is 6.93. The zero-order valence-corrected chi connectivity index (χ0v) is 20.2. The second kappa shape index (κ2) is 9.72. The number of fused-ring (bicyclic) bond motifs is 1. The Bertz CT molecular complexity index is 1310. The van der Waals surface area contributed by atoms with Gasteiger partial charge in [0.1, 0.15) is 5.75 Å². The lowest BCUT2D eigenvalue weighted by Gasteiger charge is -2.35. The highest BCUT2D eigenvalue weighted by Gasteiger charge is 2.22. The van der Waals surface area contributed by atoms with Crippen LogP contribution in [-0.2, 0) is 0 Å². The van der Waals surface area contributed by atoms with E-state index in [9.17, 15) is 10.1 Å². The number of hydrogen-bond donors (Lipinski definition) is 2. The van der Waals surface area contributed by atoms with Crippen molar-refractivity contribution in [2.24, 2.45) is 0 Å². The molecule has 180 valence electrons. The van der Waals surface area contributed by atoms with Crippen LogP contribution in [0.5, 0.6) is 5.75 Å². The molecule has 1 fully saturated rings. The third kappa shape index (κ3) is 4.68. The SMILES string of the molecule is COc1ccc(NC(=O)N2CC=C(c3c[nH]c4ccc(C#N)cc34)CC2)cc1N1CCN(C)CC1. The van der Waals surface area contributed by atoms with Gasteiger partial charge < -0.3 is 29.7 Å². The molecule has 3 heterocycles. The van der Waals surface area contributed by atoms with Gasteiger partial charge >= 0.3 is 6.03 Å². The largest absolute Gasteiger partial charge is 0.495 e. The molecule has 0 atom stereocenters. The van der Waals surface area contributed by atoms with Crippen LogP contribution in [0, 0.1) is 11.3 Å². The second-order valence-electron chi connectivity index (χ2n) is 9.11. The topological polar surface area (TPSA) is 87.6 Å². The van der Waals surface area contributed by atoms with Crippen LogP contribution in [-0.4, -0.2) is 74.2 Å². The number of H-pyrrole nitrogens is 1. The van der Waals surface area contributed by atoms with Crippen molar-refractivity contribution in [3.63, 3.8) is 0 Å². The van der Waals surface area contributed by atoms with Gasteiger partial charge in [0.25, 0.3) is 0 Å². The van der Waals surface area contributed by atoms with Gasteiger partial charge in [-0.15, -0.1) is 0 Å². The smallest absolute Gasteiger partial charge is 0.322 e. The number of methoxy groups -OCH3 is 1. The Morgan fingerprint density at radius 1 is 1.11 bits per heavy atom. The van der Waals surface area contributed by atoms with E-state index >= 15 is 0 Å². The summed E-state index contributed by atoms with van der Waals surface area (Å²) in [5.74, 6) is 0.816. The summed E-state index contributed by atoms with van der Waals surface area (Å²) in [6.45, 7) is 5.01. The normalized spacial score (nSPS) is 16.7. The zero-order chi connectivity index (χ0) is 24.4. The number of amides is 2.